The minimum absolute atomic E-state index is 0.0972. The summed E-state index contributed by atoms with van der Waals surface area (Å²) in [6.45, 7) is 3.56. The lowest BCUT2D eigenvalue weighted by Crippen LogP contribution is -2.18. The highest BCUT2D eigenvalue weighted by atomic mass is 19.4. The summed E-state index contributed by atoms with van der Waals surface area (Å²) < 4.78 is 39.8. The first-order valence-corrected chi connectivity index (χ1v) is 4.28. The van der Waals surface area contributed by atoms with Crippen LogP contribution in [0.2, 0.25) is 0 Å². The van der Waals surface area contributed by atoms with Gasteiger partial charge in [-0.3, -0.25) is 0 Å². The van der Waals surface area contributed by atoms with Gasteiger partial charge in [0.1, 0.15) is 5.75 Å². The molecule has 0 spiro atoms. The molecule has 0 fully saturated rings. The van der Waals surface area contributed by atoms with Gasteiger partial charge >= 0.3 is 6.36 Å². The maximum atomic E-state index is 12.0. The standard InChI is InChI=1S/C10H11F3O/c1-3-8-7(2)5-4-6-9(8)14-10(11,12)13/h4-6H,3H2,1-2H3. The topological polar surface area (TPSA) is 9.23 Å². The summed E-state index contributed by atoms with van der Waals surface area (Å²) in [5.41, 5.74) is 1.42. The van der Waals surface area contributed by atoms with Crippen LogP contribution in [0.4, 0.5) is 13.2 Å². The average molecular weight is 204 g/mol. The molecule has 0 saturated carbocycles. The molecular weight excluding hydrogens is 193 g/mol. The zero-order valence-corrected chi connectivity index (χ0v) is 7.98. The molecule has 78 valence electrons. The van der Waals surface area contributed by atoms with Gasteiger partial charge in [0.15, 0.2) is 0 Å². The lowest BCUT2D eigenvalue weighted by atomic mass is 10.1. The van der Waals surface area contributed by atoms with E-state index in [-0.39, 0.29) is 5.75 Å². The van der Waals surface area contributed by atoms with E-state index in [0.29, 0.717) is 12.0 Å². The van der Waals surface area contributed by atoms with Crippen LogP contribution in [0.5, 0.6) is 5.75 Å². The number of benzene rings is 1. The molecule has 0 N–H and O–H groups in total. The molecule has 0 radical (unpaired) electrons. The first kappa shape index (κ1) is 10.9. The van der Waals surface area contributed by atoms with E-state index in [1.807, 2.05) is 0 Å². The van der Waals surface area contributed by atoms with Crippen molar-refractivity contribution in [2.75, 3.05) is 0 Å². The molecule has 1 aromatic carbocycles. The summed E-state index contributed by atoms with van der Waals surface area (Å²) in [5.74, 6) is -0.0972. The summed E-state index contributed by atoms with van der Waals surface area (Å²) in [5, 5.41) is 0. The van der Waals surface area contributed by atoms with Gasteiger partial charge in [0.2, 0.25) is 0 Å². The number of alkyl halides is 3. The Morgan fingerprint density at radius 1 is 1.29 bits per heavy atom. The first-order chi connectivity index (χ1) is 6.44. The Balaban J connectivity index is 3.02. The van der Waals surface area contributed by atoms with E-state index in [1.165, 1.54) is 6.07 Å². The van der Waals surface area contributed by atoms with Gasteiger partial charge in [-0.2, -0.15) is 0 Å². The molecule has 0 heterocycles. The van der Waals surface area contributed by atoms with E-state index in [9.17, 15) is 13.2 Å². The Morgan fingerprint density at radius 3 is 2.43 bits per heavy atom. The molecular formula is C10H11F3O. The van der Waals surface area contributed by atoms with Gasteiger partial charge in [-0.1, -0.05) is 19.1 Å². The van der Waals surface area contributed by atoms with E-state index in [1.54, 1.807) is 26.0 Å². The van der Waals surface area contributed by atoms with Crippen LogP contribution in [-0.4, -0.2) is 6.36 Å². The first-order valence-electron chi connectivity index (χ1n) is 4.28. The van der Waals surface area contributed by atoms with Crippen molar-refractivity contribution in [3.63, 3.8) is 0 Å². The fourth-order valence-electron chi connectivity index (χ4n) is 1.35. The second kappa shape index (κ2) is 3.90. The summed E-state index contributed by atoms with van der Waals surface area (Å²) in [6, 6.07) is 4.65. The Bertz CT molecular complexity index is 318. The van der Waals surface area contributed by atoms with Crippen molar-refractivity contribution in [2.24, 2.45) is 0 Å². The summed E-state index contributed by atoms with van der Waals surface area (Å²) in [6.07, 6.45) is -4.09. The van der Waals surface area contributed by atoms with Crippen molar-refractivity contribution in [1.29, 1.82) is 0 Å². The highest BCUT2D eigenvalue weighted by molar-refractivity contribution is 5.39. The summed E-state index contributed by atoms with van der Waals surface area (Å²) >= 11 is 0. The zero-order chi connectivity index (χ0) is 10.8. The molecule has 0 aliphatic rings. The smallest absolute Gasteiger partial charge is 0.405 e. The third kappa shape index (κ3) is 2.65. The molecule has 0 bridgehead atoms. The fraction of sp³-hybridized carbons (Fsp3) is 0.400. The van der Waals surface area contributed by atoms with E-state index < -0.39 is 6.36 Å². The second-order valence-electron chi connectivity index (χ2n) is 2.95. The maximum absolute atomic E-state index is 12.0. The lowest BCUT2D eigenvalue weighted by molar-refractivity contribution is -0.274. The van der Waals surface area contributed by atoms with E-state index >= 15 is 0 Å². The third-order valence-corrected chi connectivity index (χ3v) is 1.95. The van der Waals surface area contributed by atoms with Crippen molar-refractivity contribution in [3.8, 4) is 5.75 Å². The van der Waals surface area contributed by atoms with Crippen LogP contribution in [0, 0.1) is 6.92 Å². The van der Waals surface area contributed by atoms with E-state index in [4.69, 9.17) is 0 Å². The number of ether oxygens (including phenoxy) is 1. The SMILES string of the molecule is CCc1c(C)cccc1OC(F)(F)F. The van der Waals surface area contributed by atoms with Gasteiger partial charge in [0.25, 0.3) is 0 Å². The Morgan fingerprint density at radius 2 is 1.93 bits per heavy atom. The number of rotatable bonds is 2. The summed E-state index contributed by atoms with van der Waals surface area (Å²) in [4.78, 5) is 0. The highest BCUT2D eigenvalue weighted by Gasteiger charge is 2.31. The van der Waals surface area contributed by atoms with Crippen molar-refractivity contribution in [1.82, 2.24) is 0 Å². The fourth-order valence-corrected chi connectivity index (χ4v) is 1.35. The van der Waals surface area contributed by atoms with Crippen LogP contribution >= 0.6 is 0 Å². The Kier molecular flexibility index (Phi) is 3.03. The van der Waals surface area contributed by atoms with Crippen LogP contribution in [0.25, 0.3) is 0 Å². The molecule has 14 heavy (non-hydrogen) atoms. The van der Waals surface area contributed by atoms with Crippen molar-refractivity contribution >= 4 is 0 Å². The Labute approximate surface area is 80.5 Å². The minimum atomic E-state index is -4.61. The van der Waals surface area contributed by atoms with Crippen molar-refractivity contribution < 1.29 is 17.9 Å². The number of halogens is 3. The highest BCUT2D eigenvalue weighted by Crippen LogP contribution is 2.28. The lowest BCUT2D eigenvalue weighted by Gasteiger charge is -2.13. The predicted molar refractivity (Wildman–Crippen MR) is 47.2 cm³/mol. The number of hydrogen-bond acceptors (Lipinski definition) is 1. The van der Waals surface area contributed by atoms with Crippen LogP contribution in [0.1, 0.15) is 18.1 Å². The zero-order valence-electron chi connectivity index (χ0n) is 7.98. The molecule has 0 aromatic heterocycles. The second-order valence-corrected chi connectivity index (χ2v) is 2.95. The quantitative estimate of drug-likeness (QED) is 0.716. The molecule has 0 aliphatic heterocycles. The predicted octanol–water partition coefficient (Wildman–Crippen LogP) is 3.46. The van der Waals surface area contributed by atoms with Crippen molar-refractivity contribution in [2.45, 2.75) is 26.6 Å². The average Bonchev–Trinajstić information content (AvgIpc) is 2.01. The van der Waals surface area contributed by atoms with E-state index in [0.717, 1.165) is 5.56 Å². The molecule has 4 heteroatoms. The van der Waals surface area contributed by atoms with Crippen LogP contribution in [0.15, 0.2) is 18.2 Å². The number of aryl methyl sites for hydroxylation is 1. The van der Waals surface area contributed by atoms with Crippen LogP contribution in [-0.2, 0) is 6.42 Å². The molecule has 1 aromatic rings. The normalized spacial score (nSPS) is 11.5. The molecule has 0 atom stereocenters. The monoisotopic (exact) mass is 204 g/mol. The van der Waals surface area contributed by atoms with Crippen molar-refractivity contribution in [3.05, 3.63) is 29.3 Å². The molecule has 0 unspecified atom stereocenters. The molecule has 0 saturated heterocycles. The molecule has 0 aliphatic carbocycles. The van der Waals surface area contributed by atoms with Gasteiger partial charge in [-0.05, 0) is 30.5 Å². The van der Waals surface area contributed by atoms with E-state index in [2.05, 4.69) is 4.74 Å². The number of hydrogen-bond donors (Lipinski definition) is 0. The minimum Gasteiger partial charge on any atom is -0.405 e. The van der Waals surface area contributed by atoms with Gasteiger partial charge in [-0.25, -0.2) is 0 Å². The van der Waals surface area contributed by atoms with Crippen LogP contribution in [0.3, 0.4) is 0 Å². The maximum Gasteiger partial charge on any atom is 0.573 e. The van der Waals surface area contributed by atoms with Crippen LogP contribution < -0.4 is 4.74 Å². The van der Waals surface area contributed by atoms with Gasteiger partial charge in [0.05, 0.1) is 0 Å². The largest absolute Gasteiger partial charge is 0.573 e. The molecule has 1 nitrogen and oxygen atoms in total. The molecule has 1 rings (SSSR count). The molecule has 0 amide bonds. The summed E-state index contributed by atoms with van der Waals surface area (Å²) in [7, 11) is 0. The van der Waals surface area contributed by atoms with Gasteiger partial charge < -0.3 is 4.74 Å². The van der Waals surface area contributed by atoms with Gasteiger partial charge in [-0.15, -0.1) is 13.2 Å². The van der Waals surface area contributed by atoms with Gasteiger partial charge in [0, 0.05) is 0 Å². The Hall–Kier alpha value is -1.19. The third-order valence-electron chi connectivity index (χ3n) is 1.95.